The van der Waals surface area contributed by atoms with E-state index in [0.29, 0.717) is 13.0 Å². The van der Waals surface area contributed by atoms with E-state index in [2.05, 4.69) is 15.9 Å². The Kier molecular flexibility index (Phi) is 4.35. The van der Waals surface area contributed by atoms with Crippen LogP contribution in [-0.2, 0) is 4.79 Å². The van der Waals surface area contributed by atoms with Crippen LogP contribution < -0.4 is 4.74 Å². The van der Waals surface area contributed by atoms with Crippen molar-refractivity contribution in [2.24, 2.45) is 5.41 Å². The van der Waals surface area contributed by atoms with Gasteiger partial charge < -0.3 is 9.84 Å². The molecule has 0 heterocycles. The third-order valence-corrected chi connectivity index (χ3v) is 2.92. The Morgan fingerprint density at radius 3 is 2.44 bits per heavy atom. The molecule has 0 aromatic heterocycles. The molecule has 0 saturated carbocycles. The van der Waals surface area contributed by atoms with Gasteiger partial charge in [-0.25, -0.2) is 0 Å². The van der Waals surface area contributed by atoms with Gasteiger partial charge in [0.2, 0.25) is 0 Å². The molecule has 0 aliphatic rings. The van der Waals surface area contributed by atoms with Crippen molar-refractivity contribution in [2.45, 2.75) is 20.3 Å². The lowest BCUT2D eigenvalue weighted by Crippen LogP contribution is -2.25. The Labute approximate surface area is 104 Å². The molecule has 0 spiro atoms. The summed E-state index contributed by atoms with van der Waals surface area (Å²) in [5.41, 5.74) is -0.741. The molecule has 1 aromatic rings. The zero-order chi connectivity index (χ0) is 12.2. The van der Waals surface area contributed by atoms with E-state index in [1.165, 1.54) is 0 Å². The summed E-state index contributed by atoms with van der Waals surface area (Å²) in [6.45, 7) is 3.79. The van der Waals surface area contributed by atoms with Crippen LogP contribution in [0.15, 0.2) is 28.7 Å². The van der Waals surface area contributed by atoms with Crippen LogP contribution >= 0.6 is 15.9 Å². The van der Waals surface area contributed by atoms with Crippen molar-refractivity contribution in [2.75, 3.05) is 6.61 Å². The predicted octanol–water partition coefficient (Wildman–Crippen LogP) is 3.33. The maximum Gasteiger partial charge on any atom is 0.309 e. The van der Waals surface area contributed by atoms with Gasteiger partial charge in [0.1, 0.15) is 5.75 Å². The van der Waals surface area contributed by atoms with Crippen LogP contribution in [0.2, 0.25) is 0 Å². The van der Waals surface area contributed by atoms with Crippen LogP contribution in [0.25, 0.3) is 0 Å². The maximum absolute atomic E-state index is 10.8. The van der Waals surface area contributed by atoms with E-state index >= 15 is 0 Å². The number of hydrogen-bond acceptors (Lipinski definition) is 2. The molecule has 0 amide bonds. The SMILES string of the molecule is CC(C)(CCOc1ccc(Br)cc1)C(=O)O. The Morgan fingerprint density at radius 1 is 1.38 bits per heavy atom. The number of benzene rings is 1. The van der Waals surface area contributed by atoms with Crippen molar-refractivity contribution in [1.29, 1.82) is 0 Å². The van der Waals surface area contributed by atoms with E-state index < -0.39 is 11.4 Å². The number of hydrogen-bond donors (Lipinski definition) is 1. The predicted molar refractivity (Wildman–Crippen MR) is 65.7 cm³/mol. The molecule has 0 atom stereocenters. The average Bonchev–Trinajstić information content (AvgIpc) is 2.20. The summed E-state index contributed by atoms with van der Waals surface area (Å²) < 4.78 is 6.45. The summed E-state index contributed by atoms with van der Waals surface area (Å²) in [7, 11) is 0. The van der Waals surface area contributed by atoms with E-state index in [0.717, 1.165) is 10.2 Å². The molecule has 4 heteroatoms. The summed E-state index contributed by atoms with van der Waals surface area (Å²) in [6, 6.07) is 7.46. The van der Waals surface area contributed by atoms with Crippen molar-refractivity contribution in [1.82, 2.24) is 0 Å². The third-order valence-electron chi connectivity index (χ3n) is 2.39. The Balaban J connectivity index is 2.41. The molecular formula is C12H15BrO3. The Hall–Kier alpha value is -1.03. The maximum atomic E-state index is 10.8. The number of ether oxygens (including phenoxy) is 1. The van der Waals surface area contributed by atoms with Crippen molar-refractivity contribution >= 4 is 21.9 Å². The molecule has 0 fully saturated rings. The van der Waals surface area contributed by atoms with Crippen LogP contribution in [0, 0.1) is 5.41 Å². The van der Waals surface area contributed by atoms with Gasteiger partial charge in [-0.15, -0.1) is 0 Å². The van der Waals surface area contributed by atoms with Gasteiger partial charge in [-0.05, 0) is 44.5 Å². The van der Waals surface area contributed by atoms with Crippen LogP contribution in [0.3, 0.4) is 0 Å². The topological polar surface area (TPSA) is 46.5 Å². The zero-order valence-corrected chi connectivity index (χ0v) is 11.0. The number of halogens is 1. The van der Waals surface area contributed by atoms with Gasteiger partial charge in [0.05, 0.1) is 12.0 Å². The van der Waals surface area contributed by atoms with Crippen LogP contribution in [0.5, 0.6) is 5.75 Å². The first-order chi connectivity index (χ1) is 7.42. The number of aliphatic carboxylic acids is 1. The Morgan fingerprint density at radius 2 is 1.94 bits per heavy atom. The molecule has 0 saturated heterocycles. The highest BCUT2D eigenvalue weighted by Crippen LogP contribution is 2.22. The normalized spacial score (nSPS) is 11.2. The highest BCUT2D eigenvalue weighted by Gasteiger charge is 2.26. The van der Waals surface area contributed by atoms with E-state index in [1.807, 2.05) is 24.3 Å². The molecule has 0 aliphatic heterocycles. The number of rotatable bonds is 5. The van der Waals surface area contributed by atoms with Gasteiger partial charge in [0.25, 0.3) is 0 Å². The summed E-state index contributed by atoms with van der Waals surface area (Å²) in [5, 5.41) is 8.91. The second kappa shape index (κ2) is 5.34. The van der Waals surface area contributed by atoms with Gasteiger partial charge in [-0.2, -0.15) is 0 Å². The standard InChI is InChI=1S/C12H15BrO3/c1-12(2,11(14)15)7-8-16-10-5-3-9(13)4-6-10/h3-6H,7-8H2,1-2H3,(H,14,15). The van der Waals surface area contributed by atoms with Crippen LogP contribution in [0.1, 0.15) is 20.3 Å². The molecule has 1 N–H and O–H groups in total. The quantitative estimate of drug-likeness (QED) is 0.903. The van der Waals surface area contributed by atoms with Gasteiger partial charge in [-0.1, -0.05) is 15.9 Å². The summed E-state index contributed by atoms with van der Waals surface area (Å²) in [5.74, 6) is -0.0451. The van der Waals surface area contributed by atoms with E-state index in [1.54, 1.807) is 13.8 Å². The Bertz CT molecular complexity index is 357. The van der Waals surface area contributed by atoms with Gasteiger partial charge in [0.15, 0.2) is 0 Å². The number of carboxylic acids is 1. The van der Waals surface area contributed by atoms with Crippen molar-refractivity contribution in [3.05, 3.63) is 28.7 Å². The first-order valence-electron chi connectivity index (χ1n) is 5.03. The molecule has 0 aliphatic carbocycles. The fraction of sp³-hybridized carbons (Fsp3) is 0.417. The van der Waals surface area contributed by atoms with Gasteiger partial charge >= 0.3 is 5.97 Å². The first-order valence-corrected chi connectivity index (χ1v) is 5.83. The molecule has 1 rings (SSSR count). The third kappa shape index (κ3) is 3.85. The second-order valence-corrected chi connectivity index (χ2v) is 5.16. The lowest BCUT2D eigenvalue weighted by molar-refractivity contribution is -0.147. The lowest BCUT2D eigenvalue weighted by atomic mass is 9.90. The van der Waals surface area contributed by atoms with Crippen LogP contribution in [-0.4, -0.2) is 17.7 Å². The molecule has 88 valence electrons. The van der Waals surface area contributed by atoms with Crippen molar-refractivity contribution in [3.63, 3.8) is 0 Å². The molecule has 0 bridgehead atoms. The highest BCUT2D eigenvalue weighted by atomic mass is 79.9. The average molecular weight is 287 g/mol. The number of carbonyl (C=O) groups is 1. The molecule has 16 heavy (non-hydrogen) atoms. The van der Waals surface area contributed by atoms with E-state index in [9.17, 15) is 4.79 Å². The van der Waals surface area contributed by atoms with Gasteiger partial charge in [-0.3, -0.25) is 4.79 Å². The van der Waals surface area contributed by atoms with E-state index in [-0.39, 0.29) is 0 Å². The minimum atomic E-state index is -0.799. The van der Waals surface area contributed by atoms with Gasteiger partial charge in [0, 0.05) is 4.47 Å². The molecule has 0 unspecified atom stereocenters. The molecule has 3 nitrogen and oxygen atoms in total. The monoisotopic (exact) mass is 286 g/mol. The lowest BCUT2D eigenvalue weighted by Gasteiger charge is -2.18. The summed E-state index contributed by atoms with van der Waals surface area (Å²) in [6.07, 6.45) is 0.485. The fourth-order valence-corrected chi connectivity index (χ4v) is 1.33. The first kappa shape index (κ1) is 13.0. The molecular weight excluding hydrogens is 272 g/mol. The zero-order valence-electron chi connectivity index (χ0n) is 9.37. The van der Waals surface area contributed by atoms with Crippen molar-refractivity contribution in [3.8, 4) is 5.75 Å². The smallest absolute Gasteiger partial charge is 0.309 e. The largest absolute Gasteiger partial charge is 0.494 e. The molecule has 0 radical (unpaired) electrons. The number of carboxylic acid groups (broad SMARTS) is 1. The minimum absolute atomic E-state index is 0.404. The minimum Gasteiger partial charge on any atom is -0.494 e. The summed E-state index contributed by atoms with van der Waals surface area (Å²) in [4.78, 5) is 10.8. The van der Waals surface area contributed by atoms with Crippen LogP contribution in [0.4, 0.5) is 0 Å². The van der Waals surface area contributed by atoms with E-state index in [4.69, 9.17) is 9.84 Å². The summed E-state index contributed by atoms with van der Waals surface area (Å²) >= 11 is 3.33. The van der Waals surface area contributed by atoms with Crippen molar-refractivity contribution < 1.29 is 14.6 Å². The second-order valence-electron chi connectivity index (χ2n) is 4.24. The highest BCUT2D eigenvalue weighted by molar-refractivity contribution is 9.10. The fourth-order valence-electron chi connectivity index (χ4n) is 1.06. The molecule has 1 aromatic carbocycles.